The molecule has 3 heterocycles. The number of thiophene rings is 1. The lowest BCUT2D eigenvalue weighted by molar-refractivity contribution is -0.114. The van der Waals surface area contributed by atoms with Crippen molar-refractivity contribution in [3.05, 3.63) is 51.8 Å². The van der Waals surface area contributed by atoms with Crippen molar-refractivity contribution in [1.29, 1.82) is 0 Å². The molecule has 0 spiro atoms. The number of anilines is 1. The molecular formula is C23H27N3O4S2. The van der Waals surface area contributed by atoms with Crippen LogP contribution in [0.4, 0.5) is 5.69 Å². The molecule has 0 radical (unpaired) electrons. The van der Waals surface area contributed by atoms with E-state index in [9.17, 15) is 18.0 Å². The average molecular weight is 474 g/mol. The number of fused-ring (bicyclic) bond motifs is 1. The number of nitrogens with zero attached hydrogens (tertiary/aromatic N) is 2. The molecule has 1 N–H and O–H groups in total. The van der Waals surface area contributed by atoms with Crippen molar-refractivity contribution in [1.82, 2.24) is 8.87 Å². The third-order valence-corrected chi connectivity index (χ3v) is 8.42. The Labute approximate surface area is 191 Å². The average Bonchev–Trinajstić information content (AvgIpc) is 3.14. The Bertz CT molecular complexity index is 1330. The van der Waals surface area contributed by atoms with Crippen LogP contribution in [0.5, 0.6) is 0 Å². The van der Waals surface area contributed by atoms with Gasteiger partial charge >= 0.3 is 0 Å². The van der Waals surface area contributed by atoms with Crippen LogP contribution in [0.2, 0.25) is 0 Å². The van der Waals surface area contributed by atoms with Crippen molar-refractivity contribution in [3.8, 4) is 11.1 Å². The van der Waals surface area contributed by atoms with Gasteiger partial charge in [0.25, 0.3) is 5.56 Å². The van der Waals surface area contributed by atoms with E-state index >= 15 is 0 Å². The Balaban J connectivity index is 1.65. The second-order valence-electron chi connectivity index (χ2n) is 8.49. The van der Waals surface area contributed by atoms with Crippen LogP contribution in [0, 0.1) is 5.92 Å². The fraction of sp³-hybridized carbons (Fsp3) is 0.391. The topological polar surface area (TPSA) is 88.5 Å². The Morgan fingerprint density at radius 2 is 1.94 bits per heavy atom. The number of nitrogens with one attached hydrogen (secondary N) is 1. The first-order valence-electron chi connectivity index (χ1n) is 10.6. The summed E-state index contributed by atoms with van der Waals surface area (Å²) in [5.41, 5.74) is 2.58. The minimum absolute atomic E-state index is 0.0313. The van der Waals surface area contributed by atoms with Gasteiger partial charge < -0.3 is 9.88 Å². The number of aryl methyl sites for hydroxylation is 1. The van der Waals surface area contributed by atoms with Gasteiger partial charge in [0.15, 0.2) is 0 Å². The fourth-order valence-corrected chi connectivity index (χ4v) is 6.47. The maximum Gasteiger partial charge on any atom is 0.259 e. The standard InChI is InChI=1S/C23H27N3O4S2/c1-15(27)24-18-6-4-5-17(12-18)21-14-25(2)23(28)20-13-19(31-22(20)21)11-16-7-9-26(10-8-16)32(3,29)30/h4-6,12-14,16H,7-11H2,1-3H3,(H,24,27). The first-order valence-corrected chi connectivity index (χ1v) is 13.2. The van der Waals surface area contributed by atoms with Crippen LogP contribution in [-0.2, 0) is 28.3 Å². The fourth-order valence-electron chi connectivity index (χ4n) is 4.31. The molecule has 2 aromatic heterocycles. The van der Waals surface area contributed by atoms with Crippen LogP contribution in [0.1, 0.15) is 24.6 Å². The van der Waals surface area contributed by atoms with Crippen molar-refractivity contribution in [2.75, 3.05) is 24.7 Å². The molecule has 1 saturated heterocycles. The predicted octanol–water partition coefficient (Wildman–Crippen LogP) is 3.44. The number of hydrogen-bond donors (Lipinski definition) is 1. The number of hydrogen-bond acceptors (Lipinski definition) is 5. The number of carbonyl (C=O) groups excluding carboxylic acids is 1. The molecule has 0 saturated carbocycles. The van der Waals surface area contributed by atoms with Gasteiger partial charge in [-0.15, -0.1) is 11.3 Å². The van der Waals surface area contributed by atoms with Gasteiger partial charge in [-0.1, -0.05) is 12.1 Å². The maximum atomic E-state index is 12.8. The Kier molecular flexibility index (Phi) is 6.24. The second-order valence-corrected chi connectivity index (χ2v) is 11.6. The maximum absolute atomic E-state index is 12.8. The highest BCUT2D eigenvalue weighted by Crippen LogP contribution is 2.36. The van der Waals surface area contributed by atoms with E-state index in [-0.39, 0.29) is 11.5 Å². The van der Waals surface area contributed by atoms with Crippen LogP contribution in [0.15, 0.2) is 41.3 Å². The van der Waals surface area contributed by atoms with E-state index < -0.39 is 10.0 Å². The van der Waals surface area contributed by atoms with E-state index in [0.717, 1.165) is 40.0 Å². The van der Waals surface area contributed by atoms with Crippen LogP contribution < -0.4 is 10.9 Å². The third-order valence-electron chi connectivity index (χ3n) is 5.93. The Morgan fingerprint density at radius 3 is 2.59 bits per heavy atom. The lowest BCUT2D eigenvalue weighted by atomic mass is 9.94. The molecular weight excluding hydrogens is 446 g/mol. The summed E-state index contributed by atoms with van der Waals surface area (Å²) in [7, 11) is -1.38. The van der Waals surface area contributed by atoms with Crippen LogP contribution in [0.25, 0.3) is 21.2 Å². The molecule has 0 atom stereocenters. The molecule has 9 heteroatoms. The lowest BCUT2D eigenvalue weighted by Gasteiger charge is -2.29. The second kappa shape index (κ2) is 8.80. The van der Waals surface area contributed by atoms with E-state index in [1.807, 2.05) is 36.5 Å². The van der Waals surface area contributed by atoms with Crippen molar-refractivity contribution in [2.24, 2.45) is 13.0 Å². The number of benzene rings is 1. The molecule has 32 heavy (non-hydrogen) atoms. The smallest absolute Gasteiger partial charge is 0.259 e. The number of aromatic nitrogens is 1. The number of carbonyl (C=O) groups is 1. The van der Waals surface area contributed by atoms with Gasteiger partial charge in [0, 0.05) is 54.1 Å². The summed E-state index contributed by atoms with van der Waals surface area (Å²) in [6.07, 6.45) is 5.60. The number of piperidine rings is 1. The van der Waals surface area contributed by atoms with Crippen LogP contribution >= 0.6 is 11.3 Å². The predicted molar refractivity (Wildman–Crippen MR) is 130 cm³/mol. The van der Waals surface area contributed by atoms with E-state index in [1.165, 1.54) is 13.2 Å². The molecule has 1 aliphatic rings. The quantitative estimate of drug-likeness (QED) is 0.615. The number of rotatable bonds is 5. The van der Waals surface area contributed by atoms with E-state index in [2.05, 4.69) is 5.32 Å². The van der Waals surface area contributed by atoms with E-state index in [1.54, 1.807) is 27.3 Å². The summed E-state index contributed by atoms with van der Waals surface area (Å²) < 4.78 is 27.6. The zero-order valence-corrected chi connectivity index (χ0v) is 20.1. The highest BCUT2D eigenvalue weighted by Gasteiger charge is 2.25. The third kappa shape index (κ3) is 4.79. The Morgan fingerprint density at radius 1 is 1.22 bits per heavy atom. The lowest BCUT2D eigenvalue weighted by Crippen LogP contribution is -2.38. The van der Waals surface area contributed by atoms with Crippen molar-refractivity contribution >= 4 is 43.0 Å². The molecule has 1 aliphatic heterocycles. The summed E-state index contributed by atoms with van der Waals surface area (Å²) in [5.74, 6) is 0.268. The minimum Gasteiger partial charge on any atom is -0.326 e. The molecule has 0 bridgehead atoms. The Hall–Kier alpha value is -2.49. The van der Waals surface area contributed by atoms with Gasteiger partial charge in [0.05, 0.1) is 11.6 Å². The summed E-state index contributed by atoms with van der Waals surface area (Å²) in [4.78, 5) is 25.4. The number of pyridine rings is 1. The minimum atomic E-state index is -3.13. The molecule has 1 aromatic carbocycles. The number of amides is 1. The first kappa shape index (κ1) is 22.7. The highest BCUT2D eigenvalue weighted by atomic mass is 32.2. The van der Waals surface area contributed by atoms with Gasteiger partial charge in [-0.3, -0.25) is 9.59 Å². The largest absolute Gasteiger partial charge is 0.326 e. The highest BCUT2D eigenvalue weighted by molar-refractivity contribution is 7.88. The van der Waals surface area contributed by atoms with E-state index in [4.69, 9.17) is 0 Å². The molecule has 3 aromatic rings. The van der Waals surface area contributed by atoms with Crippen molar-refractivity contribution < 1.29 is 13.2 Å². The summed E-state index contributed by atoms with van der Waals surface area (Å²) in [6.45, 7) is 2.58. The molecule has 0 aliphatic carbocycles. The summed E-state index contributed by atoms with van der Waals surface area (Å²) in [6, 6.07) is 9.62. The van der Waals surface area contributed by atoms with Gasteiger partial charge in [0.1, 0.15) is 0 Å². The molecule has 7 nitrogen and oxygen atoms in total. The molecule has 1 amide bonds. The van der Waals surface area contributed by atoms with Gasteiger partial charge in [-0.25, -0.2) is 12.7 Å². The molecule has 4 rings (SSSR count). The SMILES string of the molecule is CC(=O)Nc1cccc(-c2cn(C)c(=O)c3cc(CC4CCN(S(C)(=O)=O)CC4)sc23)c1. The van der Waals surface area contributed by atoms with Crippen LogP contribution in [-0.4, -0.2) is 42.5 Å². The number of sulfonamides is 1. The van der Waals surface area contributed by atoms with Crippen molar-refractivity contribution in [3.63, 3.8) is 0 Å². The zero-order chi connectivity index (χ0) is 23.0. The van der Waals surface area contributed by atoms with Crippen LogP contribution in [0.3, 0.4) is 0 Å². The zero-order valence-electron chi connectivity index (χ0n) is 18.4. The van der Waals surface area contributed by atoms with E-state index in [0.29, 0.717) is 30.1 Å². The normalized spacial score (nSPS) is 15.8. The monoisotopic (exact) mass is 473 g/mol. The molecule has 0 unspecified atom stereocenters. The van der Waals surface area contributed by atoms with Gasteiger partial charge in [-0.05, 0) is 48.9 Å². The van der Waals surface area contributed by atoms with Gasteiger partial charge in [0.2, 0.25) is 15.9 Å². The molecule has 170 valence electrons. The first-order chi connectivity index (χ1) is 15.1. The molecule has 1 fully saturated rings. The van der Waals surface area contributed by atoms with Crippen molar-refractivity contribution in [2.45, 2.75) is 26.2 Å². The summed E-state index contributed by atoms with van der Waals surface area (Å²) in [5, 5.41) is 3.51. The summed E-state index contributed by atoms with van der Waals surface area (Å²) >= 11 is 1.63. The van der Waals surface area contributed by atoms with Gasteiger partial charge in [-0.2, -0.15) is 0 Å².